The maximum Gasteiger partial charge on any atom is 0.269 e. The van der Waals surface area contributed by atoms with E-state index in [2.05, 4.69) is 0 Å². The van der Waals surface area contributed by atoms with Gasteiger partial charge in [-0.2, -0.15) is 0 Å². The van der Waals surface area contributed by atoms with Crippen molar-refractivity contribution >= 4 is 17.3 Å². The van der Waals surface area contributed by atoms with Gasteiger partial charge in [0.1, 0.15) is 6.04 Å². The fourth-order valence-electron chi connectivity index (χ4n) is 2.12. The summed E-state index contributed by atoms with van der Waals surface area (Å²) in [7, 11) is 0. The SMILES string of the molecule is CC(C)CN1C(=O)[C@H](N)c2cc([N+](=O)[O-])ccc21. The number of carbonyl (C=O) groups excluding carboxylic acids is 1. The van der Waals surface area contributed by atoms with Gasteiger partial charge in [-0.1, -0.05) is 13.8 Å². The van der Waals surface area contributed by atoms with Gasteiger partial charge in [0.2, 0.25) is 5.91 Å². The molecule has 0 radical (unpaired) electrons. The number of non-ortho nitro benzene ring substituents is 1. The van der Waals surface area contributed by atoms with Crippen molar-refractivity contribution < 1.29 is 9.72 Å². The van der Waals surface area contributed by atoms with Crippen molar-refractivity contribution in [2.75, 3.05) is 11.4 Å². The first-order valence-electron chi connectivity index (χ1n) is 5.77. The highest BCUT2D eigenvalue weighted by molar-refractivity contribution is 6.04. The molecule has 2 rings (SSSR count). The van der Waals surface area contributed by atoms with Gasteiger partial charge in [0, 0.05) is 29.9 Å². The minimum atomic E-state index is -0.793. The van der Waals surface area contributed by atoms with Crippen LogP contribution in [0.25, 0.3) is 0 Å². The van der Waals surface area contributed by atoms with Crippen LogP contribution in [0.4, 0.5) is 11.4 Å². The molecular formula is C12H15N3O3. The molecule has 1 aromatic rings. The van der Waals surface area contributed by atoms with E-state index in [0.29, 0.717) is 23.7 Å². The molecule has 18 heavy (non-hydrogen) atoms. The van der Waals surface area contributed by atoms with E-state index in [1.54, 1.807) is 11.0 Å². The third-order valence-electron chi connectivity index (χ3n) is 2.93. The highest BCUT2D eigenvalue weighted by Gasteiger charge is 2.36. The largest absolute Gasteiger partial charge is 0.316 e. The Morgan fingerprint density at radius 3 is 2.72 bits per heavy atom. The number of nitro benzene ring substituents is 1. The normalized spacial score (nSPS) is 18.3. The molecule has 1 aliphatic heterocycles. The molecule has 0 saturated heterocycles. The summed E-state index contributed by atoms with van der Waals surface area (Å²) in [6.45, 7) is 4.57. The number of fused-ring (bicyclic) bond motifs is 1. The maximum atomic E-state index is 12.0. The average molecular weight is 249 g/mol. The van der Waals surface area contributed by atoms with Crippen molar-refractivity contribution in [3.63, 3.8) is 0 Å². The van der Waals surface area contributed by atoms with Gasteiger partial charge in [-0.25, -0.2) is 0 Å². The zero-order valence-corrected chi connectivity index (χ0v) is 10.3. The summed E-state index contributed by atoms with van der Waals surface area (Å²) in [5, 5.41) is 10.7. The summed E-state index contributed by atoms with van der Waals surface area (Å²) in [5.74, 6) is 0.112. The molecular weight excluding hydrogens is 234 g/mol. The molecule has 1 atom stereocenters. The van der Waals surface area contributed by atoms with Crippen LogP contribution in [0.1, 0.15) is 25.5 Å². The van der Waals surface area contributed by atoms with E-state index in [1.807, 2.05) is 13.8 Å². The molecule has 2 N–H and O–H groups in total. The van der Waals surface area contributed by atoms with E-state index >= 15 is 0 Å². The molecule has 1 amide bonds. The lowest BCUT2D eigenvalue weighted by Crippen LogP contribution is -2.34. The molecule has 1 heterocycles. The van der Waals surface area contributed by atoms with Crippen LogP contribution in [0.2, 0.25) is 0 Å². The number of nitro groups is 1. The van der Waals surface area contributed by atoms with Crippen LogP contribution in [0.3, 0.4) is 0 Å². The fourth-order valence-corrected chi connectivity index (χ4v) is 2.12. The predicted octanol–water partition coefficient (Wildman–Crippen LogP) is 1.60. The highest BCUT2D eigenvalue weighted by atomic mass is 16.6. The van der Waals surface area contributed by atoms with E-state index in [-0.39, 0.29) is 11.6 Å². The summed E-state index contributed by atoms with van der Waals surface area (Å²) in [4.78, 5) is 23.8. The second-order valence-electron chi connectivity index (χ2n) is 4.82. The Hall–Kier alpha value is -1.95. The summed E-state index contributed by atoms with van der Waals surface area (Å²) < 4.78 is 0. The van der Waals surface area contributed by atoms with Gasteiger partial charge >= 0.3 is 0 Å². The van der Waals surface area contributed by atoms with Crippen molar-refractivity contribution in [2.24, 2.45) is 11.7 Å². The Bertz CT molecular complexity index is 513. The molecule has 1 aliphatic rings. The van der Waals surface area contributed by atoms with Gasteiger partial charge in [-0.15, -0.1) is 0 Å². The van der Waals surface area contributed by atoms with Gasteiger partial charge in [0.25, 0.3) is 5.69 Å². The van der Waals surface area contributed by atoms with E-state index in [4.69, 9.17) is 5.73 Å². The number of nitrogens with two attached hydrogens (primary N) is 1. The third-order valence-corrected chi connectivity index (χ3v) is 2.93. The monoisotopic (exact) mass is 249 g/mol. The molecule has 0 unspecified atom stereocenters. The van der Waals surface area contributed by atoms with Crippen molar-refractivity contribution in [1.82, 2.24) is 0 Å². The van der Waals surface area contributed by atoms with E-state index < -0.39 is 11.0 Å². The average Bonchev–Trinajstić information content (AvgIpc) is 2.54. The Morgan fingerprint density at radius 2 is 2.17 bits per heavy atom. The zero-order valence-electron chi connectivity index (χ0n) is 10.3. The first kappa shape index (κ1) is 12.5. The summed E-state index contributed by atoms with van der Waals surface area (Å²) in [5.41, 5.74) is 7.00. The molecule has 1 aromatic carbocycles. The van der Waals surface area contributed by atoms with Crippen LogP contribution < -0.4 is 10.6 Å². The van der Waals surface area contributed by atoms with E-state index in [0.717, 1.165) is 0 Å². The van der Waals surface area contributed by atoms with Crippen LogP contribution in [-0.4, -0.2) is 17.4 Å². The van der Waals surface area contributed by atoms with Crippen molar-refractivity contribution in [1.29, 1.82) is 0 Å². The Labute approximate surface area is 105 Å². The zero-order chi connectivity index (χ0) is 13.4. The van der Waals surface area contributed by atoms with Crippen LogP contribution in [0.15, 0.2) is 18.2 Å². The minimum Gasteiger partial charge on any atom is -0.316 e. The number of anilines is 1. The van der Waals surface area contributed by atoms with E-state index in [1.165, 1.54) is 12.1 Å². The van der Waals surface area contributed by atoms with Crippen LogP contribution in [0.5, 0.6) is 0 Å². The molecule has 6 heteroatoms. The standard InChI is InChI=1S/C12H15N3O3/c1-7(2)6-14-10-4-3-8(15(17)18)5-9(10)11(13)12(14)16/h3-5,7,11H,6,13H2,1-2H3/t11-/m1/s1. The molecule has 0 bridgehead atoms. The lowest BCUT2D eigenvalue weighted by Gasteiger charge is -2.19. The van der Waals surface area contributed by atoms with Gasteiger partial charge in [0.15, 0.2) is 0 Å². The number of benzene rings is 1. The van der Waals surface area contributed by atoms with Gasteiger partial charge in [-0.05, 0) is 12.0 Å². The molecule has 0 aromatic heterocycles. The quantitative estimate of drug-likeness (QED) is 0.650. The second kappa shape index (κ2) is 4.38. The Morgan fingerprint density at radius 1 is 1.50 bits per heavy atom. The maximum absolute atomic E-state index is 12.0. The topological polar surface area (TPSA) is 89.5 Å². The molecule has 96 valence electrons. The van der Waals surface area contributed by atoms with Crippen LogP contribution >= 0.6 is 0 Å². The Balaban J connectivity index is 2.44. The molecule has 0 saturated carbocycles. The van der Waals surface area contributed by atoms with Gasteiger partial charge in [0.05, 0.1) is 4.92 Å². The number of carbonyl (C=O) groups is 1. The smallest absolute Gasteiger partial charge is 0.269 e. The number of nitrogens with zero attached hydrogens (tertiary/aromatic N) is 2. The molecule has 0 aliphatic carbocycles. The molecule has 0 spiro atoms. The second-order valence-corrected chi connectivity index (χ2v) is 4.82. The summed E-state index contributed by atoms with van der Waals surface area (Å²) >= 11 is 0. The number of hydrogen-bond acceptors (Lipinski definition) is 4. The number of hydrogen-bond donors (Lipinski definition) is 1. The van der Waals surface area contributed by atoms with Crippen molar-refractivity contribution in [3.8, 4) is 0 Å². The summed E-state index contributed by atoms with van der Waals surface area (Å²) in [6, 6.07) is 3.59. The van der Waals surface area contributed by atoms with Gasteiger partial charge < -0.3 is 10.6 Å². The third kappa shape index (κ3) is 1.95. The van der Waals surface area contributed by atoms with Crippen LogP contribution in [-0.2, 0) is 4.79 Å². The first-order valence-corrected chi connectivity index (χ1v) is 5.77. The Kier molecular flexibility index (Phi) is 3.04. The number of amides is 1. The summed E-state index contributed by atoms with van der Waals surface area (Å²) in [6.07, 6.45) is 0. The number of rotatable bonds is 3. The van der Waals surface area contributed by atoms with Gasteiger partial charge in [-0.3, -0.25) is 14.9 Å². The fraction of sp³-hybridized carbons (Fsp3) is 0.417. The molecule has 6 nitrogen and oxygen atoms in total. The lowest BCUT2D eigenvalue weighted by molar-refractivity contribution is -0.384. The first-order chi connectivity index (χ1) is 8.41. The molecule has 0 fully saturated rings. The van der Waals surface area contributed by atoms with Crippen molar-refractivity contribution in [3.05, 3.63) is 33.9 Å². The lowest BCUT2D eigenvalue weighted by atomic mass is 10.1. The van der Waals surface area contributed by atoms with E-state index in [9.17, 15) is 14.9 Å². The highest BCUT2D eigenvalue weighted by Crippen LogP contribution is 2.37. The van der Waals surface area contributed by atoms with Crippen molar-refractivity contribution in [2.45, 2.75) is 19.9 Å². The minimum absolute atomic E-state index is 0.0385. The van der Waals surface area contributed by atoms with Crippen LogP contribution in [0, 0.1) is 16.0 Å². The predicted molar refractivity (Wildman–Crippen MR) is 67.2 cm³/mol.